The normalized spacial score (nSPS) is 20.1. The van der Waals surface area contributed by atoms with Gasteiger partial charge in [-0.1, -0.05) is 12.5 Å². The minimum atomic E-state index is -0.984. The predicted molar refractivity (Wildman–Crippen MR) is 137 cm³/mol. The zero-order valence-corrected chi connectivity index (χ0v) is 21.2. The number of nitrogens with one attached hydrogen (secondary N) is 2. The fourth-order valence-corrected chi connectivity index (χ4v) is 5.50. The fraction of sp³-hybridized carbons (Fsp3) is 0.481. The quantitative estimate of drug-likeness (QED) is 0.382. The van der Waals surface area contributed by atoms with E-state index in [1.54, 1.807) is 24.4 Å². The van der Waals surface area contributed by atoms with Crippen molar-refractivity contribution in [1.82, 2.24) is 24.9 Å². The number of carbonyl (C=O) groups excluding carboxylic acids is 5. The number of piperidine rings is 2. The second-order valence-electron chi connectivity index (χ2n) is 10.0. The van der Waals surface area contributed by atoms with Crippen molar-refractivity contribution in [3.63, 3.8) is 0 Å². The lowest BCUT2D eigenvalue weighted by molar-refractivity contribution is -0.136. The van der Waals surface area contributed by atoms with Crippen LogP contribution in [-0.4, -0.2) is 74.8 Å². The summed E-state index contributed by atoms with van der Waals surface area (Å²) in [5.74, 6) is -1.88. The number of nitrogens with zero attached hydrogens (tertiary/aromatic N) is 4. The highest BCUT2D eigenvalue weighted by molar-refractivity contribution is 6.25. The van der Waals surface area contributed by atoms with E-state index in [9.17, 15) is 24.0 Å². The van der Waals surface area contributed by atoms with Crippen LogP contribution in [0.3, 0.4) is 0 Å². The molecular formula is C27H32N6O5. The molecule has 0 saturated carbocycles. The molecule has 2 fully saturated rings. The van der Waals surface area contributed by atoms with Gasteiger partial charge < -0.3 is 10.2 Å². The van der Waals surface area contributed by atoms with Crippen LogP contribution in [0.25, 0.3) is 0 Å². The molecule has 1 unspecified atom stereocenters. The van der Waals surface area contributed by atoms with Crippen molar-refractivity contribution < 1.29 is 24.0 Å². The Labute approximate surface area is 220 Å². The molecule has 0 radical (unpaired) electrons. The molecule has 11 nitrogen and oxygen atoms in total. The van der Waals surface area contributed by atoms with Gasteiger partial charge >= 0.3 is 0 Å². The van der Waals surface area contributed by atoms with Crippen LogP contribution < -0.4 is 10.6 Å². The molecule has 2 saturated heterocycles. The zero-order chi connectivity index (χ0) is 26.6. The first-order chi connectivity index (χ1) is 18.4. The van der Waals surface area contributed by atoms with Crippen LogP contribution in [0.1, 0.15) is 78.1 Å². The summed E-state index contributed by atoms with van der Waals surface area (Å²) in [6, 6.07) is 6.32. The number of rotatable bonds is 9. The number of fused-ring (bicyclic) bond motifs is 1. The van der Waals surface area contributed by atoms with Crippen LogP contribution in [0.5, 0.6) is 0 Å². The maximum Gasteiger partial charge on any atom is 0.264 e. The topological polar surface area (TPSA) is 134 Å². The lowest BCUT2D eigenvalue weighted by Gasteiger charge is -2.32. The Morgan fingerprint density at radius 3 is 2.55 bits per heavy atom. The number of amides is 5. The van der Waals surface area contributed by atoms with Crippen molar-refractivity contribution in [2.45, 2.75) is 63.5 Å². The fourth-order valence-electron chi connectivity index (χ4n) is 5.50. The van der Waals surface area contributed by atoms with E-state index in [2.05, 4.69) is 15.7 Å². The van der Waals surface area contributed by atoms with E-state index in [0.717, 1.165) is 50.1 Å². The first-order valence-corrected chi connectivity index (χ1v) is 13.3. The van der Waals surface area contributed by atoms with E-state index in [0.29, 0.717) is 24.7 Å². The van der Waals surface area contributed by atoms with Crippen molar-refractivity contribution in [2.24, 2.45) is 0 Å². The van der Waals surface area contributed by atoms with Gasteiger partial charge in [0.2, 0.25) is 17.7 Å². The molecule has 38 heavy (non-hydrogen) atoms. The summed E-state index contributed by atoms with van der Waals surface area (Å²) in [4.78, 5) is 65.4. The molecule has 0 bridgehead atoms. The van der Waals surface area contributed by atoms with Gasteiger partial charge in [0.15, 0.2) is 0 Å². The highest BCUT2D eigenvalue weighted by atomic mass is 16.2. The Hall–Kier alpha value is -4.02. The van der Waals surface area contributed by atoms with E-state index in [-0.39, 0.29) is 29.9 Å². The Balaban J connectivity index is 1.06. The number of hydrogen-bond acceptors (Lipinski definition) is 7. The standard InChI is InChI=1S/C27H32N6O5/c34-22-10-9-21(25(36)30-22)33-26(37)19-6-4-7-20(24(19)27(33)38)28-13-3-1-2-8-23(35)31-16-11-18(12-17-31)32-15-5-14-29-32/h4-7,14-15,18,21,28H,1-3,8-13,16-17H2,(H,30,34,36). The molecule has 2 aromatic rings. The summed E-state index contributed by atoms with van der Waals surface area (Å²) in [7, 11) is 0. The Kier molecular flexibility index (Phi) is 7.52. The van der Waals surface area contributed by atoms with Crippen LogP contribution in [0.2, 0.25) is 0 Å². The second kappa shape index (κ2) is 11.2. The molecule has 3 aliphatic rings. The van der Waals surface area contributed by atoms with Gasteiger partial charge in [-0.25, -0.2) is 0 Å². The lowest BCUT2D eigenvalue weighted by Crippen LogP contribution is -2.54. The Morgan fingerprint density at radius 1 is 1.00 bits per heavy atom. The summed E-state index contributed by atoms with van der Waals surface area (Å²) in [6.07, 6.45) is 8.76. The average Bonchev–Trinajstić information content (AvgIpc) is 3.54. The molecule has 5 amide bonds. The molecule has 1 aromatic heterocycles. The first kappa shape index (κ1) is 25.6. The van der Waals surface area contributed by atoms with E-state index < -0.39 is 29.7 Å². The maximum absolute atomic E-state index is 13.2. The smallest absolute Gasteiger partial charge is 0.264 e. The second-order valence-corrected chi connectivity index (χ2v) is 10.0. The van der Waals surface area contributed by atoms with E-state index in [1.165, 1.54) is 0 Å². The molecule has 4 heterocycles. The van der Waals surface area contributed by atoms with Gasteiger partial charge in [0.05, 0.1) is 17.2 Å². The third-order valence-electron chi connectivity index (χ3n) is 7.57. The van der Waals surface area contributed by atoms with Crippen molar-refractivity contribution in [3.05, 3.63) is 47.8 Å². The van der Waals surface area contributed by atoms with Gasteiger partial charge in [-0.2, -0.15) is 5.10 Å². The van der Waals surface area contributed by atoms with Crippen molar-refractivity contribution >= 4 is 35.2 Å². The summed E-state index contributed by atoms with van der Waals surface area (Å²) < 4.78 is 1.98. The predicted octanol–water partition coefficient (Wildman–Crippen LogP) is 2.12. The number of anilines is 1. The number of aromatic nitrogens is 2. The van der Waals surface area contributed by atoms with Crippen molar-refractivity contribution in [2.75, 3.05) is 25.0 Å². The largest absolute Gasteiger partial charge is 0.384 e. The molecule has 5 rings (SSSR count). The van der Waals surface area contributed by atoms with Crippen LogP contribution in [0.4, 0.5) is 5.69 Å². The molecule has 1 atom stereocenters. The van der Waals surface area contributed by atoms with Crippen LogP contribution >= 0.6 is 0 Å². The number of unbranched alkanes of at least 4 members (excludes halogenated alkanes) is 2. The van der Waals surface area contributed by atoms with Gasteiger partial charge in [0.1, 0.15) is 6.04 Å². The van der Waals surface area contributed by atoms with Crippen LogP contribution in [-0.2, 0) is 14.4 Å². The first-order valence-electron chi connectivity index (χ1n) is 13.3. The molecule has 2 N–H and O–H groups in total. The SMILES string of the molecule is O=C1CCC(N2C(=O)c3cccc(NCCCCCC(=O)N4CCC(n5cccn5)CC4)c3C2=O)C(=O)N1. The minimum Gasteiger partial charge on any atom is -0.384 e. The lowest BCUT2D eigenvalue weighted by atomic mass is 10.0. The number of hydrogen-bond donors (Lipinski definition) is 2. The van der Waals surface area contributed by atoms with E-state index in [4.69, 9.17) is 0 Å². The van der Waals surface area contributed by atoms with Gasteiger partial charge in [-0.3, -0.25) is 38.9 Å². The molecular weight excluding hydrogens is 488 g/mol. The highest BCUT2D eigenvalue weighted by Crippen LogP contribution is 2.32. The Bertz CT molecular complexity index is 1230. The monoisotopic (exact) mass is 520 g/mol. The molecule has 0 spiro atoms. The molecule has 3 aliphatic heterocycles. The minimum absolute atomic E-state index is 0.0843. The highest BCUT2D eigenvalue weighted by Gasteiger charge is 2.45. The summed E-state index contributed by atoms with van der Waals surface area (Å²) in [5, 5.41) is 9.77. The summed E-state index contributed by atoms with van der Waals surface area (Å²) in [6.45, 7) is 2.10. The van der Waals surface area contributed by atoms with Crippen molar-refractivity contribution in [1.29, 1.82) is 0 Å². The Morgan fingerprint density at radius 2 is 1.82 bits per heavy atom. The number of carbonyl (C=O) groups is 5. The van der Waals surface area contributed by atoms with Crippen molar-refractivity contribution in [3.8, 4) is 0 Å². The number of imide groups is 2. The van der Waals surface area contributed by atoms with Gasteiger partial charge in [-0.15, -0.1) is 0 Å². The number of benzene rings is 1. The molecule has 200 valence electrons. The zero-order valence-electron chi connectivity index (χ0n) is 21.2. The third-order valence-corrected chi connectivity index (χ3v) is 7.57. The summed E-state index contributed by atoms with van der Waals surface area (Å²) >= 11 is 0. The van der Waals surface area contributed by atoms with Crippen LogP contribution in [0, 0.1) is 0 Å². The van der Waals surface area contributed by atoms with Gasteiger partial charge in [-0.05, 0) is 50.3 Å². The van der Waals surface area contributed by atoms with Crippen LogP contribution in [0.15, 0.2) is 36.7 Å². The van der Waals surface area contributed by atoms with Gasteiger partial charge in [0, 0.05) is 50.6 Å². The summed E-state index contributed by atoms with van der Waals surface area (Å²) in [5.41, 5.74) is 1.06. The maximum atomic E-state index is 13.2. The van der Waals surface area contributed by atoms with E-state index in [1.807, 2.05) is 21.8 Å². The molecule has 11 heteroatoms. The third kappa shape index (κ3) is 5.18. The van der Waals surface area contributed by atoms with Gasteiger partial charge in [0.25, 0.3) is 11.8 Å². The molecule has 0 aliphatic carbocycles. The molecule has 1 aromatic carbocycles. The number of likely N-dealkylation sites (tertiary alicyclic amines) is 1. The van der Waals surface area contributed by atoms with E-state index >= 15 is 0 Å². The average molecular weight is 521 g/mol.